The van der Waals surface area contributed by atoms with E-state index in [2.05, 4.69) is 58.1 Å². The predicted octanol–water partition coefficient (Wildman–Crippen LogP) is 9.83. The van der Waals surface area contributed by atoms with Crippen LogP contribution in [0.25, 0.3) is 0 Å². The number of unbranched alkanes of at least 4 members (excludes halogenated alkanes) is 8. The number of aliphatic hydroxyl groups excluding tert-OH is 1. The summed E-state index contributed by atoms with van der Waals surface area (Å²) in [6, 6.07) is 0. The molecule has 5 atom stereocenters. The first-order chi connectivity index (χ1) is 21.2. The van der Waals surface area contributed by atoms with E-state index in [1.165, 1.54) is 51.4 Å². The van der Waals surface area contributed by atoms with Gasteiger partial charge in [-0.25, -0.2) is 0 Å². The first-order valence-electron chi connectivity index (χ1n) is 18.1. The Morgan fingerprint density at radius 3 is 2.36 bits per heavy atom. The van der Waals surface area contributed by atoms with Crippen molar-refractivity contribution in [1.82, 2.24) is 0 Å². The third kappa shape index (κ3) is 10.1. The molecule has 3 rings (SSSR count). The topological polar surface area (TPSA) is 72.8 Å². The van der Waals surface area contributed by atoms with Crippen LogP contribution in [0.1, 0.15) is 150 Å². The van der Waals surface area contributed by atoms with Gasteiger partial charge < -0.3 is 14.6 Å². The highest BCUT2D eigenvalue weighted by Gasteiger charge is 2.62. The standard InChI is InChI=1S/C39H64O5/c1-5-6-7-8-9-10-11-12-13-14-15-16-17-18-19-21-36(42)44-29-32-22-23-34-38(4)26-20-25-37(2,3)33(38)24-27-39(34,30-43-31-40)35(41)28-32/h9-10,12-13,22,31,33-35,41H,5-8,11,14-21,23-30H2,1-4H3/b10-9-,13-12-. The summed E-state index contributed by atoms with van der Waals surface area (Å²) in [7, 11) is 0. The lowest BCUT2D eigenvalue weighted by Crippen LogP contribution is -2.60. The van der Waals surface area contributed by atoms with Crippen molar-refractivity contribution >= 4 is 12.4 Å². The van der Waals surface area contributed by atoms with Crippen LogP contribution in [-0.4, -0.2) is 36.9 Å². The van der Waals surface area contributed by atoms with E-state index >= 15 is 0 Å². The fraction of sp³-hybridized carbons (Fsp3) is 0.795. The van der Waals surface area contributed by atoms with Gasteiger partial charge in [-0.15, -0.1) is 0 Å². The van der Waals surface area contributed by atoms with Crippen molar-refractivity contribution in [2.24, 2.45) is 28.1 Å². The van der Waals surface area contributed by atoms with E-state index in [0.29, 0.717) is 25.2 Å². The van der Waals surface area contributed by atoms with Crippen molar-refractivity contribution < 1.29 is 24.2 Å². The SMILES string of the molecule is CCCCC/C=C\C/C=C\CCCCCCCC(=O)OCC1=CCC2C3(C)CCCC(C)(C)C3CCC2(COC=O)C(O)C1. The van der Waals surface area contributed by atoms with E-state index in [1.807, 2.05) is 0 Å². The molecule has 5 nitrogen and oxygen atoms in total. The number of carbonyl (C=O) groups is 2. The molecule has 0 aliphatic heterocycles. The lowest BCUT2D eigenvalue weighted by Gasteiger charge is -2.63. The van der Waals surface area contributed by atoms with Crippen LogP contribution in [-0.2, 0) is 19.1 Å². The molecule has 44 heavy (non-hydrogen) atoms. The molecule has 0 bridgehead atoms. The smallest absolute Gasteiger partial charge is 0.306 e. The van der Waals surface area contributed by atoms with Crippen LogP contribution in [0.3, 0.4) is 0 Å². The van der Waals surface area contributed by atoms with Gasteiger partial charge in [-0.3, -0.25) is 9.59 Å². The summed E-state index contributed by atoms with van der Waals surface area (Å²) in [6.45, 7) is 10.5. The maximum Gasteiger partial charge on any atom is 0.306 e. The van der Waals surface area contributed by atoms with Crippen molar-refractivity contribution in [2.75, 3.05) is 13.2 Å². The summed E-state index contributed by atoms with van der Waals surface area (Å²) < 4.78 is 11.2. The Morgan fingerprint density at radius 1 is 0.932 bits per heavy atom. The van der Waals surface area contributed by atoms with Gasteiger partial charge in [0.05, 0.1) is 12.7 Å². The molecular formula is C39H64O5. The summed E-state index contributed by atoms with van der Waals surface area (Å²) in [5.74, 6) is 0.666. The molecule has 3 aliphatic carbocycles. The fourth-order valence-corrected chi connectivity index (χ4v) is 9.17. The minimum atomic E-state index is -0.621. The Bertz CT molecular complexity index is 964. The number of esters is 1. The fourth-order valence-electron chi connectivity index (χ4n) is 9.17. The number of fused-ring (bicyclic) bond motifs is 3. The lowest BCUT2D eigenvalue weighted by atomic mass is 9.42. The number of rotatable bonds is 19. The minimum Gasteiger partial charge on any atom is -0.467 e. The van der Waals surface area contributed by atoms with Gasteiger partial charge in [-0.05, 0) is 105 Å². The van der Waals surface area contributed by atoms with Crippen LogP contribution < -0.4 is 0 Å². The predicted molar refractivity (Wildman–Crippen MR) is 180 cm³/mol. The summed E-state index contributed by atoms with van der Waals surface area (Å²) >= 11 is 0. The average Bonchev–Trinajstić information content (AvgIpc) is 3.13. The van der Waals surface area contributed by atoms with Gasteiger partial charge in [0, 0.05) is 11.8 Å². The van der Waals surface area contributed by atoms with Gasteiger partial charge in [0.1, 0.15) is 6.61 Å². The number of allylic oxidation sites excluding steroid dienone is 5. The van der Waals surface area contributed by atoms with E-state index in [4.69, 9.17) is 9.47 Å². The molecule has 0 aromatic rings. The van der Waals surface area contributed by atoms with Gasteiger partial charge in [-0.1, -0.05) is 96.6 Å². The molecular weight excluding hydrogens is 548 g/mol. The molecule has 3 aliphatic rings. The Morgan fingerprint density at radius 2 is 1.64 bits per heavy atom. The first kappa shape index (κ1) is 36.6. The van der Waals surface area contributed by atoms with Gasteiger partial charge in [0.25, 0.3) is 6.47 Å². The van der Waals surface area contributed by atoms with Gasteiger partial charge in [-0.2, -0.15) is 0 Å². The van der Waals surface area contributed by atoms with E-state index in [-0.39, 0.29) is 35.9 Å². The van der Waals surface area contributed by atoms with E-state index < -0.39 is 11.5 Å². The number of hydrogen-bond donors (Lipinski definition) is 1. The molecule has 250 valence electrons. The van der Waals surface area contributed by atoms with Crippen LogP contribution in [0, 0.1) is 28.1 Å². The monoisotopic (exact) mass is 612 g/mol. The molecule has 5 heteroatoms. The molecule has 2 saturated carbocycles. The lowest BCUT2D eigenvalue weighted by molar-refractivity contribution is -0.188. The van der Waals surface area contributed by atoms with Gasteiger partial charge in [0.2, 0.25) is 0 Å². The zero-order chi connectivity index (χ0) is 31.9. The van der Waals surface area contributed by atoms with Crippen molar-refractivity contribution in [3.63, 3.8) is 0 Å². The van der Waals surface area contributed by atoms with Crippen LogP contribution in [0.4, 0.5) is 0 Å². The molecule has 0 spiro atoms. The Balaban J connectivity index is 1.39. The molecule has 0 amide bonds. The maximum atomic E-state index is 12.6. The normalized spacial score (nSPS) is 29.9. The summed E-state index contributed by atoms with van der Waals surface area (Å²) in [5, 5.41) is 11.7. The van der Waals surface area contributed by atoms with Crippen molar-refractivity contribution in [3.8, 4) is 0 Å². The quantitative estimate of drug-likeness (QED) is 0.0680. The third-order valence-electron chi connectivity index (χ3n) is 11.6. The highest BCUT2D eigenvalue weighted by atomic mass is 16.5. The van der Waals surface area contributed by atoms with Crippen molar-refractivity contribution in [3.05, 3.63) is 36.0 Å². The average molecular weight is 613 g/mol. The van der Waals surface area contributed by atoms with Crippen molar-refractivity contribution in [1.29, 1.82) is 0 Å². The first-order valence-corrected chi connectivity index (χ1v) is 18.1. The molecule has 0 aromatic carbocycles. The van der Waals surface area contributed by atoms with E-state index in [9.17, 15) is 14.7 Å². The van der Waals surface area contributed by atoms with E-state index in [1.54, 1.807) is 0 Å². The zero-order valence-electron chi connectivity index (χ0n) is 28.6. The van der Waals surface area contributed by atoms with Gasteiger partial charge in [0.15, 0.2) is 0 Å². The molecule has 0 heterocycles. The molecule has 0 radical (unpaired) electrons. The van der Waals surface area contributed by atoms with Crippen LogP contribution in [0.2, 0.25) is 0 Å². The molecule has 0 saturated heterocycles. The highest BCUT2D eigenvalue weighted by molar-refractivity contribution is 5.69. The third-order valence-corrected chi connectivity index (χ3v) is 11.6. The second-order valence-corrected chi connectivity index (χ2v) is 15.1. The molecule has 2 fully saturated rings. The second-order valence-electron chi connectivity index (χ2n) is 15.1. The molecule has 1 N–H and O–H groups in total. The Kier molecular flexibility index (Phi) is 15.2. The summed E-state index contributed by atoms with van der Waals surface area (Å²) in [5.41, 5.74) is 0.895. The van der Waals surface area contributed by atoms with Crippen LogP contribution in [0.15, 0.2) is 36.0 Å². The summed E-state index contributed by atoms with van der Waals surface area (Å²) in [4.78, 5) is 23.9. The highest BCUT2D eigenvalue weighted by Crippen LogP contribution is 2.66. The second kappa shape index (κ2) is 18.3. The number of ether oxygens (including phenoxy) is 2. The number of hydrogen-bond acceptors (Lipinski definition) is 5. The Hall–Kier alpha value is -1.88. The zero-order valence-corrected chi connectivity index (χ0v) is 28.6. The largest absolute Gasteiger partial charge is 0.467 e. The molecule has 0 aromatic heterocycles. The summed E-state index contributed by atoms with van der Waals surface area (Å²) in [6.07, 6.45) is 30.8. The van der Waals surface area contributed by atoms with E-state index in [0.717, 1.165) is 63.4 Å². The number of aliphatic hydroxyl groups is 1. The minimum absolute atomic E-state index is 0.0804. The number of carbonyl (C=O) groups excluding carboxylic acids is 2. The van der Waals surface area contributed by atoms with Gasteiger partial charge >= 0.3 is 5.97 Å². The molecule has 5 unspecified atom stereocenters. The van der Waals surface area contributed by atoms with Crippen LogP contribution in [0.5, 0.6) is 0 Å². The van der Waals surface area contributed by atoms with Crippen molar-refractivity contribution in [2.45, 2.75) is 156 Å². The van der Waals surface area contributed by atoms with Crippen LogP contribution >= 0.6 is 0 Å². The maximum absolute atomic E-state index is 12.6. The Labute approximate surface area is 269 Å².